The number of carbonyl (C=O) groups excluding carboxylic acids is 1. The van der Waals surface area contributed by atoms with Crippen LogP contribution in [0.3, 0.4) is 0 Å². The molecule has 0 saturated heterocycles. The second kappa shape index (κ2) is 4.69. The van der Waals surface area contributed by atoms with Gasteiger partial charge in [0, 0.05) is 5.56 Å². The SMILES string of the molecule is Cc1ccc(F)c(C(=O)c2cc(F)ccc2C)c1. The van der Waals surface area contributed by atoms with Crippen LogP contribution in [-0.2, 0) is 0 Å². The second-order valence-electron chi connectivity index (χ2n) is 4.27. The number of rotatable bonds is 2. The fraction of sp³-hybridized carbons (Fsp3) is 0.133. The van der Waals surface area contributed by atoms with Crippen molar-refractivity contribution in [2.75, 3.05) is 0 Å². The molecule has 0 aliphatic carbocycles. The molecule has 1 nitrogen and oxygen atoms in total. The molecule has 0 N–H and O–H groups in total. The van der Waals surface area contributed by atoms with E-state index >= 15 is 0 Å². The lowest BCUT2D eigenvalue weighted by molar-refractivity contribution is 0.103. The van der Waals surface area contributed by atoms with Crippen LogP contribution < -0.4 is 0 Å². The highest BCUT2D eigenvalue weighted by Crippen LogP contribution is 2.18. The van der Waals surface area contributed by atoms with Gasteiger partial charge in [-0.15, -0.1) is 0 Å². The van der Waals surface area contributed by atoms with Gasteiger partial charge in [0.25, 0.3) is 0 Å². The van der Waals surface area contributed by atoms with Gasteiger partial charge in [0.05, 0.1) is 5.56 Å². The Kier molecular flexibility index (Phi) is 3.24. The number of hydrogen-bond acceptors (Lipinski definition) is 1. The molecule has 92 valence electrons. The number of carbonyl (C=O) groups is 1. The molecule has 0 atom stereocenters. The first-order valence-corrected chi connectivity index (χ1v) is 5.56. The summed E-state index contributed by atoms with van der Waals surface area (Å²) in [5.41, 5.74) is 1.58. The van der Waals surface area contributed by atoms with E-state index in [1.54, 1.807) is 19.9 Å². The normalized spacial score (nSPS) is 10.4. The van der Waals surface area contributed by atoms with Crippen molar-refractivity contribution in [3.05, 3.63) is 70.3 Å². The van der Waals surface area contributed by atoms with Crippen LogP contribution in [0.4, 0.5) is 8.78 Å². The molecule has 0 aliphatic heterocycles. The van der Waals surface area contributed by atoms with Crippen LogP contribution in [0.5, 0.6) is 0 Å². The van der Waals surface area contributed by atoms with E-state index in [0.29, 0.717) is 5.56 Å². The molecule has 0 unspecified atom stereocenters. The number of benzene rings is 2. The van der Waals surface area contributed by atoms with Crippen LogP contribution in [0, 0.1) is 25.5 Å². The van der Waals surface area contributed by atoms with Crippen LogP contribution in [0.2, 0.25) is 0 Å². The van der Waals surface area contributed by atoms with Crippen molar-refractivity contribution >= 4 is 5.78 Å². The Morgan fingerprint density at radius 1 is 0.944 bits per heavy atom. The predicted molar refractivity (Wildman–Crippen MR) is 65.7 cm³/mol. The number of hydrogen-bond donors (Lipinski definition) is 0. The highest BCUT2D eigenvalue weighted by atomic mass is 19.1. The Balaban J connectivity index is 2.54. The number of halogens is 2. The largest absolute Gasteiger partial charge is 0.288 e. The van der Waals surface area contributed by atoms with E-state index in [-0.39, 0.29) is 11.1 Å². The van der Waals surface area contributed by atoms with Gasteiger partial charge in [0.2, 0.25) is 0 Å². The van der Waals surface area contributed by atoms with Crippen molar-refractivity contribution in [3.63, 3.8) is 0 Å². The Morgan fingerprint density at radius 3 is 2.39 bits per heavy atom. The van der Waals surface area contributed by atoms with Crippen molar-refractivity contribution in [3.8, 4) is 0 Å². The monoisotopic (exact) mass is 246 g/mol. The number of ketones is 1. The third-order valence-electron chi connectivity index (χ3n) is 2.81. The van der Waals surface area contributed by atoms with Gasteiger partial charge in [-0.3, -0.25) is 4.79 Å². The quantitative estimate of drug-likeness (QED) is 0.736. The maximum atomic E-state index is 13.6. The van der Waals surface area contributed by atoms with Crippen LogP contribution >= 0.6 is 0 Å². The first-order valence-electron chi connectivity index (χ1n) is 5.56. The van der Waals surface area contributed by atoms with E-state index in [0.717, 1.165) is 11.6 Å². The average Bonchev–Trinajstić information content (AvgIpc) is 2.34. The van der Waals surface area contributed by atoms with Crippen molar-refractivity contribution < 1.29 is 13.6 Å². The fourth-order valence-corrected chi connectivity index (χ4v) is 1.80. The van der Waals surface area contributed by atoms with Crippen molar-refractivity contribution in [1.29, 1.82) is 0 Å². The van der Waals surface area contributed by atoms with Crippen LogP contribution in [0.1, 0.15) is 27.0 Å². The summed E-state index contributed by atoms with van der Waals surface area (Å²) in [6.45, 7) is 3.47. The summed E-state index contributed by atoms with van der Waals surface area (Å²) in [5, 5.41) is 0. The van der Waals surface area contributed by atoms with Gasteiger partial charge in [-0.2, -0.15) is 0 Å². The molecule has 0 aliphatic rings. The molecule has 0 heterocycles. The lowest BCUT2D eigenvalue weighted by Gasteiger charge is -2.07. The third-order valence-corrected chi connectivity index (χ3v) is 2.81. The standard InChI is InChI=1S/C15H12F2O/c1-9-3-6-14(17)13(7-9)15(18)12-8-11(16)5-4-10(12)2/h3-8H,1-2H3. The Labute approximate surface area is 104 Å². The molecule has 2 rings (SSSR count). The fourth-order valence-electron chi connectivity index (χ4n) is 1.80. The van der Waals surface area contributed by atoms with Gasteiger partial charge in [0.1, 0.15) is 11.6 Å². The van der Waals surface area contributed by atoms with Crippen LogP contribution in [0.25, 0.3) is 0 Å². The first-order chi connectivity index (χ1) is 8.49. The van der Waals surface area contributed by atoms with Gasteiger partial charge in [-0.1, -0.05) is 17.7 Å². The zero-order valence-corrected chi connectivity index (χ0v) is 10.1. The van der Waals surface area contributed by atoms with E-state index in [2.05, 4.69) is 0 Å². The summed E-state index contributed by atoms with van der Waals surface area (Å²) >= 11 is 0. The zero-order valence-electron chi connectivity index (χ0n) is 10.1. The summed E-state index contributed by atoms with van der Waals surface area (Å²) in [6, 6.07) is 8.23. The molecule has 2 aromatic carbocycles. The summed E-state index contributed by atoms with van der Waals surface area (Å²) in [5.74, 6) is -1.58. The molecule has 2 aromatic rings. The minimum Gasteiger partial charge on any atom is -0.288 e. The molecule has 3 heteroatoms. The Morgan fingerprint density at radius 2 is 1.67 bits per heavy atom. The van der Waals surface area contributed by atoms with E-state index < -0.39 is 17.4 Å². The van der Waals surface area contributed by atoms with Gasteiger partial charge in [-0.05, 0) is 43.7 Å². The van der Waals surface area contributed by atoms with Gasteiger partial charge >= 0.3 is 0 Å². The molecular weight excluding hydrogens is 234 g/mol. The Hall–Kier alpha value is -2.03. The summed E-state index contributed by atoms with van der Waals surface area (Å²) in [7, 11) is 0. The topological polar surface area (TPSA) is 17.1 Å². The molecule has 0 saturated carbocycles. The molecule has 0 aromatic heterocycles. The third kappa shape index (κ3) is 2.30. The van der Waals surface area contributed by atoms with Gasteiger partial charge in [0.15, 0.2) is 5.78 Å². The minimum atomic E-state index is -0.589. The van der Waals surface area contributed by atoms with E-state index in [9.17, 15) is 13.6 Å². The van der Waals surface area contributed by atoms with Gasteiger partial charge in [-0.25, -0.2) is 8.78 Å². The molecule has 0 fully saturated rings. The van der Waals surface area contributed by atoms with Crippen LogP contribution in [-0.4, -0.2) is 5.78 Å². The van der Waals surface area contributed by atoms with Crippen molar-refractivity contribution in [2.24, 2.45) is 0 Å². The van der Waals surface area contributed by atoms with E-state index in [4.69, 9.17) is 0 Å². The lowest BCUT2D eigenvalue weighted by atomic mass is 9.97. The van der Waals surface area contributed by atoms with Crippen molar-refractivity contribution in [2.45, 2.75) is 13.8 Å². The Bertz CT molecular complexity index is 564. The summed E-state index contributed by atoms with van der Waals surface area (Å²) in [4.78, 5) is 12.2. The summed E-state index contributed by atoms with van der Waals surface area (Å²) < 4.78 is 26.8. The molecule has 0 bridgehead atoms. The van der Waals surface area contributed by atoms with E-state index in [1.165, 1.54) is 24.3 Å². The maximum Gasteiger partial charge on any atom is 0.196 e. The van der Waals surface area contributed by atoms with Crippen molar-refractivity contribution in [1.82, 2.24) is 0 Å². The summed E-state index contributed by atoms with van der Waals surface area (Å²) in [6.07, 6.45) is 0. The smallest absolute Gasteiger partial charge is 0.196 e. The lowest BCUT2D eigenvalue weighted by Crippen LogP contribution is -2.07. The maximum absolute atomic E-state index is 13.6. The minimum absolute atomic E-state index is 0.0244. The molecule has 0 radical (unpaired) electrons. The van der Waals surface area contributed by atoms with Crippen LogP contribution in [0.15, 0.2) is 36.4 Å². The molecule has 0 amide bonds. The molecular formula is C15H12F2O. The highest BCUT2D eigenvalue weighted by Gasteiger charge is 2.16. The average molecular weight is 246 g/mol. The predicted octanol–water partition coefficient (Wildman–Crippen LogP) is 3.81. The van der Waals surface area contributed by atoms with Gasteiger partial charge < -0.3 is 0 Å². The zero-order chi connectivity index (χ0) is 13.3. The molecule has 18 heavy (non-hydrogen) atoms. The highest BCUT2D eigenvalue weighted by molar-refractivity contribution is 6.10. The number of aryl methyl sites for hydroxylation is 2. The second-order valence-corrected chi connectivity index (χ2v) is 4.27. The first kappa shape index (κ1) is 12.4. The molecule has 0 spiro atoms. The van der Waals surface area contributed by atoms with E-state index in [1.807, 2.05) is 0 Å².